The fraction of sp³-hybridized carbons (Fsp3) is 0.538. The first-order chi connectivity index (χ1) is 10.0. The molecule has 1 heterocycles. The first kappa shape index (κ1) is 16.5. The Balaban J connectivity index is 1.99. The number of sulfonamides is 1. The van der Waals surface area contributed by atoms with E-state index in [1.54, 1.807) is 13.2 Å². The van der Waals surface area contributed by atoms with Crippen LogP contribution in [0.1, 0.15) is 6.42 Å². The summed E-state index contributed by atoms with van der Waals surface area (Å²) in [5.41, 5.74) is 0. The lowest BCUT2D eigenvalue weighted by molar-refractivity contribution is 0.171. The van der Waals surface area contributed by atoms with E-state index in [0.717, 1.165) is 0 Å². The van der Waals surface area contributed by atoms with Gasteiger partial charge in [0.1, 0.15) is 13.2 Å². The number of halogens is 1. The van der Waals surface area contributed by atoms with Crippen LogP contribution >= 0.6 is 15.9 Å². The average molecular weight is 380 g/mol. The van der Waals surface area contributed by atoms with Crippen LogP contribution in [0.4, 0.5) is 0 Å². The summed E-state index contributed by atoms with van der Waals surface area (Å²) < 4.78 is 42.7. The highest BCUT2D eigenvalue weighted by atomic mass is 79.9. The van der Waals surface area contributed by atoms with Crippen LogP contribution in [-0.2, 0) is 14.8 Å². The van der Waals surface area contributed by atoms with Gasteiger partial charge < -0.3 is 14.2 Å². The number of hydrogen-bond acceptors (Lipinski definition) is 5. The van der Waals surface area contributed by atoms with Gasteiger partial charge in [-0.3, -0.25) is 0 Å². The Labute approximate surface area is 132 Å². The topological polar surface area (TPSA) is 73.9 Å². The Bertz CT molecular complexity index is 578. The van der Waals surface area contributed by atoms with Crippen molar-refractivity contribution in [2.75, 3.05) is 33.5 Å². The second kappa shape index (κ2) is 7.44. The second-order valence-electron chi connectivity index (χ2n) is 4.54. The van der Waals surface area contributed by atoms with Crippen molar-refractivity contribution in [2.45, 2.75) is 16.1 Å². The SMILES string of the molecule is COCC(Br)CCNS(=O)(=O)c1ccc2c(c1)OCCO2. The lowest BCUT2D eigenvalue weighted by Gasteiger charge is -2.19. The number of rotatable bonds is 7. The van der Waals surface area contributed by atoms with Crippen molar-refractivity contribution in [3.05, 3.63) is 18.2 Å². The standard InChI is InChI=1S/C13H18BrNO5S/c1-18-9-10(14)4-5-15-21(16,17)11-2-3-12-13(8-11)20-7-6-19-12/h2-3,8,10,15H,4-7,9H2,1H3. The fourth-order valence-electron chi connectivity index (χ4n) is 1.89. The molecule has 118 valence electrons. The molecule has 8 heteroatoms. The normalized spacial score (nSPS) is 15.7. The van der Waals surface area contributed by atoms with E-state index >= 15 is 0 Å². The summed E-state index contributed by atoms with van der Waals surface area (Å²) in [5, 5.41) is 0. The summed E-state index contributed by atoms with van der Waals surface area (Å²) >= 11 is 3.41. The molecule has 1 aromatic rings. The highest BCUT2D eigenvalue weighted by Crippen LogP contribution is 2.32. The van der Waals surface area contributed by atoms with E-state index in [1.165, 1.54) is 12.1 Å². The van der Waals surface area contributed by atoms with Crippen LogP contribution < -0.4 is 14.2 Å². The average Bonchev–Trinajstić information content (AvgIpc) is 2.47. The lowest BCUT2D eigenvalue weighted by Crippen LogP contribution is -2.27. The number of benzene rings is 1. The minimum absolute atomic E-state index is 0.116. The molecule has 0 saturated carbocycles. The summed E-state index contributed by atoms with van der Waals surface area (Å²) in [5.74, 6) is 1.03. The van der Waals surface area contributed by atoms with Crippen LogP contribution in [0.3, 0.4) is 0 Å². The van der Waals surface area contributed by atoms with Crippen molar-refractivity contribution in [1.82, 2.24) is 4.72 Å². The monoisotopic (exact) mass is 379 g/mol. The molecule has 2 rings (SSSR count). The van der Waals surface area contributed by atoms with E-state index in [-0.39, 0.29) is 9.72 Å². The van der Waals surface area contributed by atoms with Crippen LogP contribution in [0.2, 0.25) is 0 Å². The second-order valence-corrected chi connectivity index (χ2v) is 7.61. The third-order valence-electron chi connectivity index (χ3n) is 2.92. The Morgan fingerprint density at radius 3 is 2.76 bits per heavy atom. The largest absolute Gasteiger partial charge is 0.486 e. The number of nitrogens with one attached hydrogen (secondary N) is 1. The van der Waals surface area contributed by atoms with Gasteiger partial charge in [-0.05, 0) is 18.6 Å². The zero-order chi connectivity index (χ0) is 15.3. The van der Waals surface area contributed by atoms with Crippen molar-refractivity contribution >= 4 is 26.0 Å². The molecule has 0 amide bonds. The van der Waals surface area contributed by atoms with Crippen molar-refractivity contribution in [2.24, 2.45) is 0 Å². The van der Waals surface area contributed by atoms with Crippen molar-refractivity contribution < 1.29 is 22.6 Å². The summed E-state index contributed by atoms with van der Waals surface area (Å²) in [7, 11) is -1.95. The maximum absolute atomic E-state index is 12.2. The molecule has 1 N–H and O–H groups in total. The molecule has 1 aliphatic rings. The van der Waals surface area contributed by atoms with Gasteiger partial charge in [-0.2, -0.15) is 0 Å². The first-order valence-electron chi connectivity index (χ1n) is 6.55. The lowest BCUT2D eigenvalue weighted by atomic mass is 10.3. The van der Waals surface area contributed by atoms with E-state index in [2.05, 4.69) is 20.7 Å². The molecule has 21 heavy (non-hydrogen) atoms. The fourth-order valence-corrected chi connectivity index (χ4v) is 3.44. The third kappa shape index (κ3) is 4.57. The Morgan fingerprint density at radius 2 is 2.05 bits per heavy atom. The highest BCUT2D eigenvalue weighted by molar-refractivity contribution is 9.09. The minimum Gasteiger partial charge on any atom is -0.486 e. The van der Waals surface area contributed by atoms with Crippen LogP contribution in [0.25, 0.3) is 0 Å². The van der Waals surface area contributed by atoms with Gasteiger partial charge in [-0.1, -0.05) is 15.9 Å². The van der Waals surface area contributed by atoms with E-state index in [0.29, 0.717) is 44.3 Å². The zero-order valence-corrected chi connectivity index (χ0v) is 14.1. The Hall–Kier alpha value is -0.830. The molecule has 6 nitrogen and oxygen atoms in total. The number of fused-ring (bicyclic) bond motifs is 1. The molecule has 0 saturated heterocycles. The van der Waals surface area contributed by atoms with E-state index < -0.39 is 10.0 Å². The van der Waals surface area contributed by atoms with Crippen LogP contribution in [0.5, 0.6) is 11.5 Å². The predicted octanol–water partition coefficient (Wildman–Crippen LogP) is 1.54. The molecule has 1 unspecified atom stereocenters. The van der Waals surface area contributed by atoms with E-state index in [1.807, 2.05) is 0 Å². The van der Waals surface area contributed by atoms with Crippen LogP contribution in [0, 0.1) is 0 Å². The van der Waals surface area contributed by atoms with Gasteiger partial charge in [0.05, 0.1) is 11.5 Å². The van der Waals surface area contributed by atoms with E-state index in [4.69, 9.17) is 14.2 Å². The summed E-state index contributed by atoms with van der Waals surface area (Å²) in [6.07, 6.45) is 0.637. The molecule has 0 aromatic heterocycles. The van der Waals surface area contributed by atoms with Crippen molar-refractivity contribution in [3.63, 3.8) is 0 Å². The van der Waals surface area contributed by atoms with Gasteiger partial charge in [0.15, 0.2) is 11.5 Å². The highest BCUT2D eigenvalue weighted by Gasteiger charge is 2.19. The zero-order valence-electron chi connectivity index (χ0n) is 11.7. The number of ether oxygens (including phenoxy) is 3. The van der Waals surface area contributed by atoms with Crippen LogP contribution in [0.15, 0.2) is 23.1 Å². The third-order valence-corrected chi connectivity index (χ3v) is 5.10. The van der Waals surface area contributed by atoms with Crippen LogP contribution in [-0.4, -0.2) is 46.7 Å². The quantitative estimate of drug-likeness (QED) is 0.727. The molecular formula is C13H18BrNO5S. The van der Waals surface area contributed by atoms with Gasteiger partial charge in [0, 0.05) is 24.5 Å². The molecule has 0 spiro atoms. The molecule has 0 bridgehead atoms. The number of alkyl halides is 1. The van der Waals surface area contributed by atoms with E-state index in [9.17, 15) is 8.42 Å². The Morgan fingerprint density at radius 1 is 1.33 bits per heavy atom. The van der Waals surface area contributed by atoms with Gasteiger partial charge in [-0.25, -0.2) is 13.1 Å². The van der Waals surface area contributed by atoms with Crippen molar-refractivity contribution in [1.29, 1.82) is 0 Å². The molecule has 0 radical (unpaired) electrons. The minimum atomic E-state index is -3.55. The molecule has 1 aliphatic heterocycles. The molecule has 0 fully saturated rings. The Kier molecular flexibility index (Phi) is 5.86. The van der Waals surface area contributed by atoms with Gasteiger partial charge in [-0.15, -0.1) is 0 Å². The first-order valence-corrected chi connectivity index (χ1v) is 8.95. The van der Waals surface area contributed by atoms with Gasteiger partial charge in [0.2, 0.25) is 10.0 Å². The van der Waals surface area contributed by atoms with Gasteiger partial charge in [0.25, 0.3) is 0 Å². The molecule has 0 aliphatic carbocycles. The summed E-state index contributed by atoms with van der Waals surface area (Å²) in [6, 6.07) is 4.61. The molecule has 1 aromatic carbocycles. The predicted molar refractivity (Wildman–Crippen MR) is 81.8 cm³/mol. The molecule has 1 atom stereocenters. The molecular weight excluding hydrogens is 362 g/mol. The van der Waals surface area contributed by atoms with Crippen molar-refractivity contribution in [3.8, 4) is 11.5 Å². The summed E-state index contributed by atoms with van der Waals surface area (Å²) in [4.78, 5) is 0.287. The number of hydrogen-bond donors (Lipinski definition) is 1. The summed E-state index contributed by atoms with van der Waals surface area (Å²) in [6.45, 7) is 1.76. The maximum atomic E-state index is 12.2. The van der Waals surface area contributed by atoms with Gasteiger partial charge >= 0.3 is 0 Å². The smallest absolute Gasteiger partial charge is 0.240 e. The number of methoxy groups -OCH3 is 1. The maximum Gasteiger partial charge on any atom is 0.240 e.